The summed E-state index contributed by atoms with van der Waals surface area (Å²) in [4.78, 5) is 11.8. The Hall–Kier alpha value is -2.27. The maximum absolute atomic E-state index is 11.8. The van der Waals surface area contributed by atoms with E-state index in [4.69, 9.17) is 5.73 Å². The molecular formula is C20H25N3O2. The first kappa shape index (κ1) is 16.2. The molecule has 5 nitrogen and oxygen atoms in total. The molecule has 1 aliphatic heterocycles. The highest BCUT2D eigenvalue weighted by Crippen LogP contribution is 2.35. The van der Waals surface area contributed by atoms with Gasteiger partial charge in [0.2, 0.25) is 0 Å². The molecule has 2 aromatic rings. The summed E-state index contributed by atoms with van der Waals surface area (Å²) in [6, 6.07) is 7.99. The Bertz CT molecular complexity index is 810. The molecule has 132 valence electrons. The normalized spacial score (nSPS) is 19.3. The Morgan fingerprint density at radius 3 is 3.00 bits per heavy atom. The third-order valence-electron chi connectivity index (χ3n) is 5.62. The van der Waals surface area contributed by atoms with E-state index in [2.05, 4.69) is 16.0 Å². The fourth-order valence-corrected chi connectivity index (χ4v) is 4.39. The van der Waals surface area contributed by atoms with Crippen LogP contribution in [0.15, 0.2) is 24.3 Å². The lowest BCUT2D eigenvalue weighted by molar-refractivity contribution is 0.0999. The maximum atomic E-state index is 11.8. The molecule has 1 amide bonds. The molecule has 5 heteroatoms. The summed E-state index contributed by atoms with van der Waals surface area (Å²) < 4.78 is 2.27. The van der Waals surface area contributed by atoms with E-state index in [-0.39, 0.29) is 11.9 Å². The molecule has 0 radical (unpaired) electrons. The first-order valence-corrected chi connectivity index (χ1v) is 9.20. The van der Waals surface area contributed by atoms with Gasteiger partial charge < -0.3 is 20.7 Å². The third-order valence-corrected chi connectivity index (χ3v) is 5.62. The van der Waals surface area contributed by atoms with Crippen molar-refractivity contribution >= 4 is 5.91 Å². The minimum Gasteiger partial charge on any atom is -0.508 e. The zero-order chi connectivity index (χ0) is 17.4. The van der Waals surface area contributed by atoms with Crippen LogP contribution in [0.4, 0.5) is 0 Å². The zero-order valence-corrected chi connectivity index (χ0v) is 14.4. The van der Waals surface area contributed by atoms with Crippen molar-refractivity contribution in [1.82, 2.24) is 9.88 Å². The van der Waals surface area contributed by atoms with Crippen molar-refractivity contribution < 1.29 is 9.90 Å². The van der Waals surface area contributed by atoms with Crippen molar-refractivity contribution in [3.63, 3.8) is 0 Å². The number of carbonyl (C=O) groups is 1. The van der Waals surface area contributed by atoms with Gasteiger partial charge in [-0.3, -0.25) is 4.79 Å². The number of nitrogens with one attached hydrogen (secondary N) is 1. The van der Waals surface area contributed by atoms with Gasteiger partial charge in [0.05, 0.1) is 5.56 Å². The van der Waals surface area contributed by atoms with E-state index < -0.39 is 0 Å². The van der Waals surface area contributed by atoms with E-state index in [0.29, 0.717) is 17.9 Å². The Balaban J connectivity index is 1.57. The Kier molecular flexibility index (Phi) is 4.25. The van der Waals surface area contributed by atoms with E-state index in [0.717, 1.165) is 62.0 Å². The number of fused-ring (bicyclic) bond motifs is 2. The van der Waals surface area contributed by atoms with E-state index in [1.54, 1.807) is 6.07 Å². The summed E-state index contributed by atoms with van der Waals surface area (Å²) in [5.41, 5.74) is 10.7. The number of primary amides is 1. The Morgan fingerprint density at radius 1 is 1.28 bits per heavy atom. The van der Waals surface area contributed by atoms with Crippen LogP contribution in [0.3, 0.4) is 0 Å². The molecule has 2 heterocycles. The highest BCUT2D eigenvalue weighted by molar-refractivity contribution is 5.94. The van der Waals surface area contributed by atoms with Crippen LogP contribution in [0.5, 0.6) is 5.75 Å². The summed E-state index contributed by atoms with van der Waals surface area (Å²) in [7, 11) is 0. The lowest BCUT2D eigenvalue weighted by atomic mass is 9.87. The van der Waals surface area contributed by atoms with Crippen molar-refractivity contribution in [2.45, 2.75) is 57.7 Å². The molecule has 4 rings (SSSR count). The number of phenols is 1. The minimum atomic E-state index is -0.329. The van der Waals surface area contributed by atoms with E-state index in [1.165, 1.54) is 5.56 Å². The number of phenolic OH excluding ortho intramolecular Hbond substituents is 1. The topological polar surface area (TPSA) is 80.3 Å². The van der Waals surface area contributed by atoms with Gasteiger partial charge in [0.1, 0.15) is 5.75 Å². The van der Waals surface area contributed by atoms with Crippen molar-refractivity contribution in [2.75, 3.05) is 0 Å². The van der Waals surface area contributed by atoms with Gasteiger partial charge in [0.25, 0.3) is 5.91 Å². The fraction of sp³-hybridized carbons (Fsp3) is 0.450. The van der Waals surface area contributed by atoms with E-state index in [9.17, 15) is 9.90 Å². The molecule has 1 aromatic carbocycles. The number of benzene rings is 1. The molecule has 1 aliphatic carbocycles. The lowest BCUT2D eigenvalue weighted by Crippen LogP contribution is -2.26. The fourth-order valence-electron chi connectivity index (χ4n) is 4.39. The molecule has 1 aromatic heterocycles. The number of carbonyl (C=O) groups excluding carboxylic acids is 1. The van der Waals surface area contributed by atoms with Gasteiger partial charge in [-0.1, -0.05) is 12.1 Å². The average molecular weight is 339 g/mol. The van der Waals surface area contributed by atoms with Gasteiger partial charge in [-0.2, -0.15) is 0 Å². The summed E-state index contributed by atoms with van der Waals surface area (Å²) in [5, 5.41) is 13.7. The van der Waals surface area contributed by atoms with Crippen molar-refractivity contribution in [3.8, 4) is 5.75 Å². The first-order chi connectivity index (χ1) is 12.1. The number of hydrogen-bond acceptors (Lipinski definition) is 3. The number of rotatable bonds is 4. The van der Waals surface area contributed by atoms with E-state index in [1.807, 2.05) is 12.1 Å². The Labute approximate surface area is 147 Å². The molecule has 0 spiro atoms. The number of amides is 1. The van der Waals surface area contributed by atoms with Crippen molar-refractivity contribution in [3.05, 3.63) is 52.3 Å². The van der Waals surface area contributed by atoms with Gasteiger partial charge in [0.15, 0.2) is 0 Å². The van der Waals surface area contributed by atoms with Crippen LogP contribution in [0.1, 0.15) is 64.6 Å². The SMILES string of the molecule is NC(=O)c1cc(CNC2CCCc3c(O)cccc32)n2c1CCCC2. The van der Waals surface area contributed by atoms with Crippen LogP contribution in [0, 0.1) is 0 Å². The van der Waals surface area contributed by atoms with Crippen LogP contribution < -0.4 is 11.1 Å². The van der Waals surface area contributed by atoms with Crippen LogP contribution >= 0.6 is 0 Å². The Morgan fingerprint density at radius 2 is 2.16 bits per heavy atom. The minimum absolute atomic E-state index is 0.239. The predicted molar refractivity (Wildman–Crippen MR) is 96.5 cm³/mol. The predicted octanol–water partition coefficient (Wildman–Crippen LogP) is 2.80. The molecule has 25 heavy (non-hydrogen) atoms. The molecule has 2 aliphatic rings. The van der Waals surface area contributed by atoms with Crippen molar-refractivity contribution in [1.29, 1.82) is 0 Å². The van der Waals surface area contributed by atoms with Gasteiger partial charge in [-0.05, 0) is 61.8 Å². The van der Waals surface area contributed by atoms with Crippen LogP contribution in [-0.4, -0.2) is 15.6 Å². The molecular weight excluding hydrogens is 314 g/mol. The van der Waals surface area contributed by atoms with E-state index >= 15 is 0 Å². The lowest BCUT2D eigenvalue weighted by Gasteiger charge is -2.27. The standard InChI is InChI=1S/C20H25N3O2/c21-20(25)16-11-13(23-10-2-1-8-18(16)23)12-22-17-7-3-6-15-14(17)5-4-9-19(15)24/h4-5,9,11,17,22,24H,1-3,6-8,10,12H2,(H2,21,25). The third kappa shape index (κ3) is 2.93. The van der Waals surface area contributed by atoms with Gasteiger partial charge in [-0.15, -0.1) is 0 Å². The number of hydrogen-bond donors (Lipinski definition) is 3. The number of aromatic nitrogens is 1. The second kappa shape index (κ2) is 6.56. The highest BCUT2D eigenvalue weighted by atomic mass is 16.3. The monoisotopic (exact) mass is 339 g/mol. The number of nitrogens with two attached hydrogens (primary N) is 1. The largest absolute Gasteiger partial charge is 0.508 e. The summed E-state index contributed by atoms with van der Waals surface area (Å²) >= 11 is 0. The number of aromatic hydroxyl groups is 1. The van der Waals surface area contributed by atoms with Gasteiger partial charge in [-0.25, -0.2) is 0 Å². The molecule has 4 N–H and O–H groups in total. The molecule has 1 atom stereocenters. The smallest absolute Gasteiger partial charge is 0.250 e. The summed E-state index contributed by atoms with van der Waals surface area (Å²) in [5.74, 6) is 0.0740. The molecule has 0 saturated carbocycles. The average Bonchev–Trinajstić information content (AvgIpc) is 3.00. The second-order valence-corrected chi connectivity index (χ2v) is 7.14. The second-order valence-electron chi connectivity index (χ2n) is 7.14. The van der Waals surface area contributed by atoms with Gasteiger partial charge in [0, 0.05) is 30.5 Å². The van der Waals surface area contributed by atoms with Gasteiger partial charge >= 0.3 is 0 Å². The molecule has 0 saturated heterocycles. The quantitative estimate of drug-likeness (QED) is 0.801. The van der Waals surface area contributed by atoms with Crippen LogP contribution in [0.2, 0.25) is 0 Å². The first-order valence-electron chi connectivity index (χ1n) is 9.20. The van der Waals surface area contributed by atoms with Crippen LogP contribution in [0.25, 0.3) is 0 Å². The number of nitrogens with zero attached hydrogens (tertiary/aromatic N) is 1. The maximum Gasteiger partial charge on any atom is 0.250 e. The molecule has 0 bridgehead atoms. The highest BCUT2D eigenvalue weighted by Gasteiger charge is 2.24. The molecule has 1 unspecified atom stereocenters. The summed E-state index contributed by atoms with van der Waals surface area (Å²) in [6.07, 6.45) is 6.26. The van der Waals surface area contributed by atoms with Crippen LogP contribution in [-0.2, 0) is 25.9 Å². The molecule has 0 fully saturated rings. The summed E-state index contributed by atoms with van der Waals surface area (Å²) in [6.45, 7) is 1.67. The zero-order valence-electron chi connectivity index (χ0n) is 14.4. The van der Waals surface area contributed by atoms with Crippen molar-refractivity contribution in [2.24, 2.45) is 5.73 Å².